The van der Waals surface area contributed by atoms with E-state index < -0.39 is 35.2 Å². The maximum absolute atomic E-state index is 14.0. The smallest absolute Gasteiger partial charge is 0.306 e. The molecule has 26 heavy (non-hydrogen) atoms. The number of carbonyl (C=O) groups is 2. The highest BCUT2D eigenvalue weighted by molar-refractivity contribution is 8.00. The molecule has 0 saturated heterocycles. The zero-order valence-corrected chi connectivity index (χ0v) is 14.2. The third-order valence-electron chi connectivity index (χ3n) is 4.11. The van der Waals surface area contributed by atoms with Gasteiger partial charge in [0.25, 0.3) is 5.91 Å². The van der Waals surface area contributed by atoms with Crippen molar-refractivity contribution < 1.29 is 27.9 Å². The third kappa shape index (κ3) is 4.01. The zero-order chi connectivity index (χ0) is 18.8. The Morgan fingerprint density at radius 1 is 1.00 bits per heavy atom. The molecule has 1 saturated carbocycles. The lowest BCUT2D eigenvalue weighted by atomic mass is 9.85. The Labute approximate surface area is 151 Å². The molecule has 0 bridgehead atoms. The van der Waals surface area contributed by atoms with Crippen LogP contribution in [0, 0.1) is 23.4 Å². The Morgan fingerprint density at radius 2 is 1.69 bits per heavy atom. The standard InChI is InChI=1S/C18H14F3NO3S/c19-13-4-2-11(8-15(13)21)22-17(23)9-1-3-14(20)16(7-9)26-12-5-10(6-12)18(24)25/h1-4,7-8,10,12H,5-6H2,(H,22,23)(H,24,25). The number of hydrogen-bond donors (Lipinski definition) is 2. The van der Waals surface area contributed by atoms with Gasteiger partial charge < -0.3 is 10.4 Å². The summed E-state index contributed by atoms with van der Waals surface area (Å²) in [5.74, 6) is -4.47. The first-order valence-electron chi connectivity index (χ1n) is 7.79. The Hall–Kier alpha value is -2.48. The van der Waals surface area contributed by atoms with E-state index in [1.165, 1.54) is 30.0 Å². The van der Waals surface area contributed by atoms with Crippen LogP contribution >= 0.6 is 11.8 Å². The van der Waals surface area contributed by atoms with Crippen molar-refractivity contribution in [1.29, 1.82) is 0 Å². The van der Waals surface area contributed by atoms with Crippen molar-refractivity contribution >= 4 is 29.3 Å². The van der Waals surface area contributed by atoms with Crippen LogP contribution < -0.4 is 5.32 Å². The average Bonchev–Trinajstić information content (AvgIpc) is 2.55. The number of nitrogens with one attached hydrogen (secondary N) is 1. The van der Waals surface area contributed by atoms with E-state index in [4.69, 9.17) is 5.11 Å². The molecule has 0 aliphatic heterocycles. The number of rotatable bonds is 5. The lowest BCUT2D eigenvalue weighted by Crippen LogP contribution is -2.32. The molecule has 2 aromatic carbocycles. The summed E-state index contributed by atoms with van der Waals surface area (Å²) in [4.78, 5) is 23.3. The lowest BCUT2D eigenvalue weighted by molar-refractivity contribution is -0.144. The summed E-state index contributed by atoms with van der Waals surface area (Å²) in [7, 11) is 0. The minimum atomic E-state index is -1.09. The first kappa shape index (κ1) is 18.3. The van der Waals surface area contributed by atoms with E-state index in [0.717, 1.165) is 18.2 Å². The molecule has 2 N–H and O–H groups in total. The molecular weight excluding hydrogens is 367 g/mol. The normalized spacial score (nSPS) is 18.9. The molecule has 0 aromatic heterocycles. The fourth-order valence-electron chi connectivity index (χ4n) is 2.56. The number of carboxylic acids is 1. The van der Waals surface area contributed by atoms with Crippen LogP contribution in [0.15, 0.2) is 41.3 Å². The molecule has 3 rings (SSSR count). The van der Waals surface area contributed by atoms with Gasteiger partial charge in [-0.25, -0.2) is 13.2 Å². The largest absolute Gasteiger partial charge is 0.481 e. The topological polar surface area (TPSA) is 66.4 Å². The summed E-state index contributed by atoms with van der Waals surface area (Å²) in [6.07, 6.45) is 0.898. The molecule has 0 heterocycles. The van der Waals surface area contributed by atoms with Crippen LogP contribution in [0.25, 0.3) is 0 Å². The van der Waals surface area contributed by atoms with Gasteiger partial charge in [-0.05, 0) is 43.2 Å². The van der Waals surface area contributed by atoms with Crippen LogP contribution in [-0.2, 0) is 4.79 Å². The number of carboxylic acid groups (broad SMARTS) is 1. The highest BCUT2D eigenvalue weighted by Crippen LogP contribution is 2.41. The number of carbonyl (C=O) groups excluding carboxylic acids is 1. The van der Waals surface area contributed by atoms with Crippen LogP contribution in [0.4, 0.5) is 18.9 Å². The van der Waals surface area contributed by atoms with Crippen molar-refractivity contribution in [2.75, 3.05) is 5.32 Å². The van der Waals surface area contributed by atoms with E-state index in [1.807, 2.05) is 0 Å². The van der Waals surface area contributed by atoms with E-state index in [0.29, 0.717) is 12.8 Å². The van der Waals surface area contributed by atoms with E-state index in [1.54, 1.807) is 0 Å². The summed E-state index contributed by atoms with van der Waals surface area (Å²) in [5.41, 5.74) is 0.239. The molecule has 8 heteroatoms. The van der Waals surface area contributed by atoms with E-state index in [-0.39, 0.29) is 21.4 Å². The molecule has 1 amide bonds. The summed E-state index contributed by atoms with van der Waals surface area (Å²) in [6, 6.07) is 6.77. The second-order valence-electron chi connectivity index (χ2n) is 5.97. The number of thioether (sulfide) groups is 1. The van der Waals surface area contributed by atoms with E-state index >= 15 is 0 Å². The van der Waals surface area contributed by atoms with Gasteiger partial charge in [0.05, 0.1) is 5.92 Å². The summed E-state index contributed by atoms with van der Waals surface area (Å²) in [5, 5.41) is 11.3. The average molecular weight is 381 g/mol. The monoisotopic (exact) mass is 381 g/mol. The number of anilines is 1. The second-order valence-corrected chi connectivity index (χ2v) is 7.32. The predicted molar refractivity (Wildman–Crippen MR) is 90.7 cm³/mol. The molecule has 1 aliphatic carbocycles. The SMILES string of the molecule is O=C(Nc1ccc(F)c(F)c1)c1ccc(F)c(SC2CC(C(=O)O)C2)c1. The molecule has 136 valence electrons. The molecule has 4 nitrogen and oxygen atoms in total. The van der Waals surface area contributed by atoms with Crippen LogP contribution in [0.5, 0.6) is 0 Å². The van der Waals surface area contributed by atoms with Gasteiger partial charge in [0, 0.05) is 27.5 Å². The van der Waals surface area contributed by atoms with Gasteiger partial charge in [0.15, 0.2) is 11.6 Å². The van der Waals surface area contributed by atoms with E-state index in [2.05, 4.69) is 5.32 Å². The van der Waals surface area contributed by atoms with E-state index in [9.17, 15) is 22.8 Å². The van der Waals surface area contributed by atoms with Gasteiger partial charge >= 0.3 is 5.97 Å². The summed E-state index contributed by atoms with van der Waals surface area (Å²) in [6.45, 7) is 0. The Morgan fingerprint density at radius 3 is 2.35 bits per heavy atom. The number of halogens is 3. The van der Waals surface area contributed by atoms with Gasteiger partial charge in [0.2, 0.25) is 0 Å². The quantitative estimate of drug-likeness (QED) is 0.810. The predicted octanol–water partition coefficient (Wildman–Crippen LogP) is 4.31. The Kier molecular flexibility index (Phi) is 5.22. The van der Waals surface area contributed by atoms with Crippen LogP contribution in [-0.4, -0.2) is 22.2 Å². The van der Waals surface area contributed by atoms with Crippen molar-refractivity contribution in [1.82, 2.24) is 0 Å². The molecule has 0 spiro atoms. The first-order valence-corrected chi connectivity index (χ1v) is 8.67. The highest BCUT2D eigenvalue weighted by atomic mass is 32.2. The maximum Gasteiger partial charge on any atom is 0.306 e. The molecule has 1 aliphatic rings. The molecule has 0 atom stereocenters. The number of aliphatic carboxylic acids is 1. The lowest BCUT2D eigenvalue weighted by Gasteiger charge is -2.31. The maximum atomic E-state index is 14.0. The Bertz CT molecular complexity index is 869. The van der Waals surface area contributed by atoms with Gasteiger partial charge in [0.1, 0.15) is 5.82 Å². The number of amides is 1. The summed E-state index contributed by atoms with van der Waals surface area (Å²) < 4.78 is 40.1. The van der Waals surface area contributed by atoms with Crippen LogP contribution in [0.3, 0.4) is 0 Å². The van der Waals surface area contributed by atoms with Crippen molar-refractivity contribution in [3.05, 3.63) is 59.4 Å². The van der Waals surface area contributed by atoms with Gasteiger partial charge in [-0.2, -0.15) is 0 Å². The number of hydrogen-bond acceptors (Lipinski definition) is 3. The first-order chi connectivity index (χ1) is 12.3. The minimum Gasteiger partial charge on any atom is -0.481 e. The molecule has 1 fully saturated rings. The fourth-order valence-corrected chi connectivity index (χ4v) is 3.95. The van der Waals surface area contributed by atoms with Gasteiger partial charge in [-0.3, -0.25) is 9.59 Å². The highest BCUT2D eigenvalue weighted by Gasteiger charge is 2.35. The van der Waals surface area contributed by atoms with Crippen molar-refractivity contribution in [2.24, 2.45) is 5.92 Å². The van der Waals surface area contributed by atoms with Gasteiger partial charge in [-0.1, -0.05) is 0 Å². The second kappa shape index (κ2) is 7.41. The van der Waals surface area contributed by atoms with Crippen LogP contribution in [0.1, 0.15) is 23.2 Å². The summed E-state index contributed by atoms with van der Waals surface area (Å²) >= 11 is 1.19. The molecular formula is C18H14F3NO3S. The van der Waals surface area contributed by atoms with Crippen LogP contribution in [0.2, 0.25) is 0 Å². The van der Waals surface area contributed by atoms with Crippen molar-refractivity contribution in [3.8, 4) is 0 Å². The fraction of sp³-hybridized carbons (Fsp3) is 0.222. The zero-order valence-electron chi connectivity index (χ0n) is 13.3. The number of benzene rings is 2. The van der Waals surface area contributed by atoms with Gasteiger partial charge in [-0.15, -0.1) is 11.8 Å². The molecule has 0 radical (unpaired) electrons. The van der Waals surface area contributed by atoms with Crippen molar-refractivity contribution in [3.63, 3.8) is 0 Å². The Balaban J connectivity index is 1.69. The molecule has 2 aromatic rings. The third-order valence-corrected chi connectivity index (χ3v) is 5.39. The minimum absolute atomic E-state index is 0.0184. The van der Waals surface area contributed by atoms with Crippen molar-refractivity contribution in [2.45, 2.75) is 23.0 Å². The molecule has 0 unspecified atom stereocenters.